The first-order valence-electron chi connectivity index (χ1n) is 7.50. The van der Waals surface area contributed by atoms with E-state index >= 15 is 0 Å². The van der Waals surface area contributed by atoms with Gasteiger partial charge in [-0.1, -0.05) is 18.2 Å². The van der Waals surface area contributed by atoms with Gasteiger partial charge in [0.05, 0.1) is 18.4 Å². The van der Waals surface area contributed by atoms with Crippen LogP contribution in [-0.2, 0) is 27.7 Å². The largest absolute Gasteiger partial charge is 0.494 e. The maximum atomic E-state index is 13.6. The third-order valence-corrected chi connectivity index (χ3v) is 4.50. The van der Waals surface area contributed by atoms with E-state index in [-0.39, 0.29) is 23.0 Å². The predicted molar refractivity (Wildman–Crippen MR) is 91.2 cm³/mol. The summed E-state index contributed by atoms with van der Waals surface area (Å²) in [6.45, 7) is 0.381. The number of hydrogen-bond acceptors (Lipinski definition) is 4. The average molecular weight is 366 g/mol. The molecule has 0 bridgehead atoms. The molecule has 0 saturated carbocycles. The molecule has 0 aliphatic rings. The van der Waals surface area contributed by atoms with Crippen LogP contribution < -0.4 is 15.2 Å². The Kier molecular flexibility index (Phi) is 6.11. The molecule has 0 saturated heterocycles. The SMILES string of the molecule is COc1ccc(CC(=O)NCCc2ccc(S(N)(=O)=O)cc2)cc1F. The summed E-state index contributed by atoms with van der Waals surface area (Å²) in [5.41, 5.74) is 1.41. The Bertz CT molecular complexity index is 851. The van der Waals surface area contributed by atoms with Crippen LogP contribution in [0.15, 0.2) is 47.4 Å². The molecule has 0 atom stereocenters. The summed E-state index contributed by atoms with van der Waals surface area (Å²) in [5, 5.41) is 7.77. The van der Waals surface area contributed by atoms with Crippen molar-refractivity contribution in [3.8, 4) is 5.75 Å². The van der Waals surface area contributed by atoms with Crippen molar-refractivity contribution in [2.45, 2.75) is 17.7 Å². The highest BCUT2D eigenvalue weighted by atomic mass is 32.2. The zero-order valence-electron chi connectivity index (χ0n) is 13.7. The van der Waals surface area contributed by atoms with Crippen molar-refractivity contribution in [2.75, 3.05) is 13.7 Å². The van der Waals surface area contributed by atoms with Gasteiger partial charge < -0.3 is 10.1 Å². The number of carbonyl (C=O) groups excluding carboxylic acids is 1. The van der Waals surface area contributed by atoms with Crippen LogP contribution in [0.1, 0.15) is 11.1 Å². The highest BCUT2D eigenvalue weighted by molar-refractivity contribution is 7.89. The zero-order chi connectivity index (χ0) is 18.4. The number of benzene rings is 2. The van der Waals surface area contributed by atoms with E-state index in [9.17, 15) is 17.6 Å². The standard InChI is InChI=1S/C17H19FN2O4S/c1-24-16-7-4-13(10-15(16)18)11-17(21)20-9-8-12-2-5-14(6-3-12)25(19,22)23/h2-7,10H,8-9,11H2,1H3,(H,20,21)(H2,19,22,23). The van der Waals surface area contributed by atoms with Crippen LogP contribution in [-0.4, -0.2) is 28.0 Å². The van der Waals surface area contributed by atoms with Gasteiger partial charge in [-0.2, -0.15) is 0 Å². The normalized spacial score (nSPS) is 11.2. The van der Waals surface area contributed by atoms with Crippen molar-refractivity contribution in [3.63, 3.8) is 0 Å². The smallest absolute Gasteiger partial charge is 0.238 e. The molecule has 8 heteroatoms. The quantitative estimate of drug-likeness (QED) is 0.773. The van der Waals surface area contributed by atoms with Gasteiger partial charge in [-0.05, 0) is 41.8 Å². The number of halogens is 1. The molecule has 1 amide bonds. The van der Waals surface area contributed by atoms with E-state index in [0.29, 0.717) is 18.5 Å². The predicted octanol–water partition coefficient (Wildman–Crippen LogP) is 1.38. The minimum Gasteiger partial charge on any atom is -0.494 e. The number of methoxy groups -OCH3 is 1. The van der Waals surface area contributed by atoms with E-state index in [1.54, 1.807) is 18.2 Å². The fraction of sp³-hybridized carbons (Fsp3) is 0.235. The number of primary sulfonamides is 1. The van der Waals surface area contributed by atoms with Gasteiger partial charge in [0.15, 0.2) is 11.6 Å². The van der Waals surface area contributed by atoms with Crippen LogP contribution in [0.2, 0.25) is 0 Å². The van der Waals surface area contributed by atoms with Crippen LogP contribution in [0.25, 0.3) is 0 Å². The molecule has 0 fully saturated rings. The summed E-state index contributed by atoms with van der Waals surface area (Å²) < 4.78 is 40.8. The second kappa shape index (κ2) is 8.09. The first-order chi connectivity index (χ1) is 11.8. The molecule has 2 aromatic carbocycles. The second-order valence-corrected chi connectivity index (χ2v) is 7.00. The Balaban J connectivity index is 1.83. The summed E-state index contributed by atoms with van der Waals surface area (Å²) in [6.07, 6.45) is 0.596. The summed E-state index contributed by atoms with van der Waals surface area (Å²) in [7, 11) is -2.33. The third kappa shape index (κ3) is 5.54. The number of ether oxygens (including phenoxy) is 1. The van der Waals surface area contributed by atoms with Gasteiger partial charge in [0.25, 0.3) is 0 Å². The maximum absolute atomic E-state index is 13.6. The summed E-state index contributed by atoms with van der Waals surface area (Å²) in [5.74, 6) is -0.611. The van der Waals surface area contributed by atoms with Crippen molar-refractivity contribution < 1.29 is 22.3 Å². The van der Waals surface area contributed by atoms with Gasteiger partial charge in [-0.15, -0.1) is 0 Å². The summed E-state index contributed by atoms with van der Waals surface area (Å²) in [6, 6.07) is 10.5. The van der Waals surface area contributed by atoms with E-state index in [4.69, 9.17) is 9.88 Å². The van der Waals surface area contributed by atoms with Crippen molar-refractivity contribution in [1.29, 1.82) is 0 Å². The lowest BCUT2D eigenvalue weighted by Gasteiger charge is -2.07. The highest BCUT2D eigenvalue weighted by Gasteiger charge is 2.09. The monoisotopic (exact) mass is 366 g/mol. The lowest BCUT2D eigenvalue weighted by molar-refractivity contribution is -0.120. The fourth-order valence-corrected chi connectivity index (χ4v) is 2.78. The molecule has 0 aliphatic carbocycles. The number of amides is 1. The maximum Gasteiger partial charge on any atom is 0.238 e. The van der Waals surface area contributed by atoms with E-state index < -0.39 is 15.8 Å². The van der Waals surface area contributed by atoms with Crippen molar-refractivity contribution >= 4 is 15.9 Å². The Labute approximate surface area is 145 Å². The summed E-state index contributed by atoms with van der Waals surface area (Å²) in [4.78, 5) is 11.9. The highest BCUT2D eigenvalue weighted by Crippen LogP contribution is 2.17. The molecule has 0 heterocycles. The van der Waals surface area contributed by atoms with Gasteiger partial charge in [-0.25, -0.2) is 17.9 Å². The molecule has 2 rings (SSSR count). The number of hydrogen-bond donors (Lipinski definition) is 2. The number of nitrogens with two attached hydrogens (primary N) is 1. The van der Waals surface area contributed by atoms with Crippen LogP contribution in [0.5, 0.6) is 5.75 Å². The molecule has 2 aromatic rings. The van der Waals surface area contributed by atoms with Crippen molar-refractivity contribution in [2.24, 2.45) is 5.14 Å². The molecule has 25 heavy (non-hydrogen) atoms. The topological polar surface area (TPSA) is 98.5 Å². The molecule has 0 aromatic heterocycles. The van der Waals surface area contributed by atoms with Gasteiger partial charge in [0.2, 0.25) is 15.9 Å². The Morgan fingerprint density at radius 3 is 2.36 bits per heavy atom. The molecule has 0 radical (unpaired) electrons. The lowest BCUT2D eigenvalue weighted by atomic mass is 10.1. The second-order valence-electron chi connectivity index (χ2n) is 5.43. The molecule has 6 nitrogen and oxygen atoms in total. The molecular weight excluding hydrogens is 347 g/mol. The van der Waals surface area contributed by atoms with Gasteiger partial charge in [0, 0.05) is 6.54 Å². The van der Waals surface area contributed by atoms with Gasteiger partial charge in [0.1, 0.15) is 0 Å². The van der Waals surface area contributed by atoms with Crippen molar-refractivity contribution in [1.82, 2.24) is 5.32 Å². The van der Waals surface area contributed by atoms with E-state index in [1.807, 2.05) is 0 Å². The molecular formula is C17H19FN2O4S. The molecule has 0 spiro atoms. The third-order valence-electron chi connectivity index (χ3n) is 3.57. The van der Waals surface area contributed by atoms with Gasteiger partial charge >= 0.3 is 0 Å². The number of rotatable bonds is 7. The Hall–Kier alpha value is -2.45. The van der Waals surface area contributed by atoms with E-state index in [1.165, 1.54) is 31.4 Å². The van der Waals surface area contributed by atoms with Crippen LogP contribution >= 0.6 is 0 Å². The van der Waals surface area contributed by atoms with Crippen LogP contribution in [0.4, 0.5) is 4.39 Å². The van der Waals surface area contributed by atoms with E-state index in [2.05, 4.69) is 5.32 Å². The Morgan fingerprint density at radius 2 is 1.80 bits per heavy atom. The van der Waals surface area contributed by atoms with Crippen molar-refractivity contribution in [3.05, 3.63) is 59.4 Å². The first kappa shape index (κ1) is 18.9. The molecule has 0 unspecified atom stereocenters. The molecule has 0 aliphatic heterocycles. The van der Waals surface area contributed by atoms with Gasteiger partial charge in [-0.3, -0.25) is 4.79 Å². The summed E-state index contributed by atoms with van der Waals surface area (Å²) >= 11 is 0. The Morgan fingerprint density at radius 1 is 1.16 bits per heavy atom. The van der Waals surface area contributed by atoms with E-state index in [0.717, 1.165) is 5.56 Å². The van der Waals surface area contributed by atoms with Crippen LogP contribution in [0.3, 0.4) is 0 Å². The number of carbonyl (C=O) groups is 1. The number of nitrogens with one attached hydrogen (secondary N) is 1. The molecule has 3 N–H and O–H groups in total. The van der Waals surface area contributed by atoms with Crippen LogP contribution in [0, 0.1) is 5.82 Å². The first-order valence-corrected chi connectivity index (χ1v) is 9.05. The fourth-order valence-electron chi connectivity index (χ4n) is 2.26. The minimum absolute atomic E-state index is 0.0433. The lowest BCUT2D eigenvalue weighted by Crippen LogP contribution is -2.27. The zero-order valence-corrected chi connectivity index (χ0v) is 14.5. The minimum atomic E-state index is -3.71. The molecule has 134 valence electrons. The number of sulfonamides is 1. The average Bonchev–Trinajstić information content (AvgIpc) is 2.54.